The van der Waals surface area contributed by atoms with E-state index in [-0.39, 0.29) is 0 Å². The molecule has 1 aliphatic carbocycles. The van der Waals surface area contributed by atoms with Crippen LogP contribution in [0.1, 0.15) is 24.1 Å². The summed E-state index contributed by atoms with van der Waals surface area (Å²) in [6.07, 6.45) is 5.01. The van der Waals surface area contributed by atoms with Crippen molar-refractivity contribution in [2.45, 2.75) is 19.3 Å². The van der Waals surface area contributed by atoms with Crippen molar-refractivity contribution in [2.75, 3.05) is 7.11 Å². The second-order valence-electron chi connectivity index (χ2n) is 3.09. The van der Waals surface area contributed by atoms with Crippen LogP contribution in [0.2, 0.25) is 0 Å². The summed E-state index contributed by atoms with van der Waals surface area (Å²) >= 11 is 0. The summed E-state index contributed by atoms with van der Waals surface area (Å²) in [6.45, 7) is 0. The maximum Gasteiger partial charge on any atom is 0.106 e. The topological polar surface area (TPSA) is 34.5 Å². The summed E-state index contributed by atoms with van der Waals surface area (Å²) in [6, 6.07) is 4.07. The first-order valence-electron chi connectivity index (χ1n) is 4.46. The van der Waals surface area contributed by atoms with Crippen LogP contribution < -0.4 is 0 Å². The van der Waals surface area contributed by atoms with Crippen molar-refractivity contribution in [1.29, 1.82) is 0 Å². The predicted octanol–water partition coefficient (Wildman–Crippen LogP) is 1.77. The summed E-state index contributed by atoms with van der Waals surface area (Å²) in [4.78, 5) is 9.09. The van der Waals surface area contributed by atoms with Gasteiger partial charge >= 0.3 is 0 Å². The van der Waals surface area contributed by atoms with Crippen LogP contribution in [0.4, 0.5) is 0 Å². The van der Waals surface area contributed by atoms with Crippen molar-refractivity contribution in [1.82, 2.24) is 4.98 Å². The largest absolute Gasteiger partial charge is 0.399 e. The molecule has 0 unspecified atom stereocenters. The Morgan fingerprint density at radius 2 is 2.38 bits per heavy atom. The van der Waals surface area contributed by atoms with Gasteiger partial charge in [-0.25, -0.2) is 0 Å². The lowest BCUT2D eigenvalue weighted by Gasteiger charge is -2.15. The molecule has 0 spiro atoms. The monoisotopic (exact) mass is 176 g/mol. The first kappa shape index (κ1) is 8.23. The minimum absolute atomic E-state index is 0.970. The highest BCUT2D eigenvalue weighted by atomic mass is 16.6. The summed E-state index contributed by atoms with van der Waals surface area (Å²) in [5, 5.41) is 3.98. The van der Waals surface area contributed by atoms with E-state index in [0.717, 1.165) is 30.7 Å². The Morgan fingerprint density at radius 3 is 3.23 bits per heavy atom. The fourth-order valence-electron chi connectivity index (χ4n) is 1.66. The van der Waals surface area contributed by atoms with Crippen LogP contribution in [0.5, 0.6) is 0 Å². The third-order valence-corrected chi connectivity index (χ3v) is 2.23. The molecule has 0 amide bonds. The van der Waals surface area contributed by atoms with Gasteiger partial charge in [-0.05, 0) is 30.9 Å². The van der Waals surface area contributed by atoms with E-state index in [1.54, 1.807) is 13.3 Å². The number of hydrogen-bond donors (Lipinski definition) is 0. The van der Waals surface area contributed by atoms with E-state index in [9.17, 15) is 0 Å². The zero-order chi connectivity index (χ0) is 9.10. The molecule has 0 N–H and O–H groups in total. The van der Waals surface area contributed by atoms with E-state index in [1.165, 1.54) is 5.56 Å². The van der Waals surface area contributed by atoms with Gasteiger partial charge in [0.1, 0.15) is 12.8 Å². The number of hydrogen-bond acceptors (Lipinski definition) is 3. The molecule has 1 aromatic rings. The van der Waals surface area contributed by atoms with Crippen molar-refractivity contribution in [3.8, 4) is 0 Å². The van der Waals surface area contributed by atoms with Gasteiger partial charge in [-0.15, -0.1) is 0 Å². The second kappa shape index (κ2) is 3.56. The number of nitrogens with zero attached hydrogens (tertiary/aromatic N) is 2. The number of pyridine rings is 1. The van der Waals surface area contributed by atoms with Crippen LogP contribution in [-0.2, 0) is 11.3 Å². The number of fused-ring (bicyclic) bond motifs is 1. The molecule has 0 bridgehead atoms. The smallest absolute Gasteiger partial charge is 0.106 e. The Bertz CT molecular complexity index is 333. The molecule has 0 fully saturated rings. The Labute approximate surface area is 77.4 Å². The first-order valence-corrected chi connectivity index (χ1v) is 4.46. The van der Waals surface area contributed by atoms with Crippen molar-refractivity contribution in [2.24, 2.45) is 5.16 Å². The van der Waals surface area contributed by atoms with Crippen molar-refractivity contribution in [3.05, 3.63) is 29.6 Å². The Kier molecular flexibility index (Phi) is 2.25. The molecule has 0 aromatic carbocycles. The minimum atomic E-state index is 0.970. The normalized spacial score (nSPS) is 18.4. The van der Waals surface area contributed by atoms with Crippen LogP contribution in [-0.4, -0.2) is 17.8 Å². The van der Waals surface area contributed by atoms with Crippen LogP contribution in [0.15, 0.2) is 23.5 Å². The quantitative estimate of drug-likeness (QED) is 0.611. The molecule has 2 rings (SSSR count). The van der Waals surface area contributed by atoms with E-state index in [1.807, 2.05) is 6.07 Å². The van der Waals surface area contributed by atoms with Gasteiger partial charge in [-0.2, -0.15) is 0 Å². The molecular weight excluding hydrogens is 164 g/mol. The lowest BCUT2D eigenvalue weighted by Crippen LogP contribution is -2.13. The van der Waals surface area contributed by atoms with E-state index in [2.05, 4.69) is 16.2 Å². The highest BCUT2D eigenvalue weighted by Gasteiger charge is 2.16. The molecule has 1 aliphatic rings. The molecule has 3 heteroatoms. The summed E-state index contributed by atoms with van der Waals surface area (Å²) in [5.74, 6) is 0. The molecule has 13 heavy (non-hydrogen) atoms. The predicted molar refractivity (Wildman–Crippen MR) is 50.7 cm³/mol. The van der Waals surface area contributed by atoms with Crippen LogP contribution >= 0.6 is 0 Å². The Morgan fingerprint density at radius 1 is 1.46 bits per heavy atom. The van der Waals surface area contributed by atoms with Gasteiger partial charge in [-0.1, -0.05) is 11.2 Å². The first-order chi connectivity index (χ1) is 6.42. The zero-order valence-corrected chi connectivity index (χ0v) is 7.66. The van der Waals surface area contributed by atoms with E-state index < -0.39 is 0 Å². The lowest BCUT2D eigenvalue weighted by atomic mass is 9.95. The molecule has 0 radical (unpaired) electrons. The molecule has 1 heterocycles. The summed E-state index contributed by atoms with van der Waals surface area (Å²) < 4.78 is 0. The fourth-order valence-corrected chi connectivity index (χ4v) is 1.66. The molecule has 3 nitrogen and oxygen atoms in total. The van der Waals surface area contributed by atoms with Crippen LogP contribution in [0.3, 0.4) is 0 Å². The van der Waals surface area contributed by atoms with Gasteiger partial charge in [-0.3, -0.25) is 4.98 Å². The number of aromatic nitrogens is 1. The van der Waals surface area contributed by atoms with Gasteiger partial charge < -0.3 is 4.84 Å². The van der Waals surface area contributed by atoms with Crippen molar-refractivity contribution < 1.29 is 4.84 Å². The summed E-state index contributed by atoms with van der Waals surface area (Å²) in [5.41, 5.74) is 3.27. The van der Waals surface area contributed by atoms with Crippen LogP contribution in [0, 0.1) is 0 Å². The molecule has 0 saturated carbocycles. The SMILES string of the molecule is CO/N=C1/CCCc2cccnc21. The molecule has 0 atom stereocenters. The van der Waals surface area contributed by atoms with Gasteiger partial charge in [0.15, 0.2) is 0 Å². The average Bonchev–Trinajstić information content (AvgIpc) is 2.19. The Hall–Kier alpha value is -1.38. The number of aryl methyl sites for hydroxylation is 1. The minimum Gasteiger partial charge on any atom is -0.399 e. The number of rotatable bonds is 1. The maximum absolute atomic E-state index is 4.79. The molecule has 1 aromatic heterocycles. The number of oxime groups is 1. The van der Waals surface area contributed by atoms with Gasteiger partial charge in [0.05, 0.1) is 5.69 Å². The highest BCUT2D eigenvalue weighted by Crippen LogP contribution is 2.19. The highest BCUT2D eigenvalue weighted by molar-refractivity contribution is 6.00. The van der Waals surface area contributed by atoms with E-state index >= 15 is 0 Å². The van der Waals surface area contributed by atoms with E-state index in [0.29, 0.717) is 0 Å². The fraction of sp³-hybridized carbons (Fsp3) is 0.400. The molecule has 0 aliphatic heterocycles. The third-order valence-electron chi connectivity index (χ3n) is 2.23. The lowest BCUT2D eigenvalue weighted by molar-refractivity contribution is 0.212. The molecule has 68 valence electrons. The molecule has 0 saturated heterocycles. The van der Waals surface area contributed by atoms with Crippen molar-refractivity contribution >= 4 is 5.71 Å². The van der Waals surface area contributed by atoms with Gasteiger partial charge in [0, 0.05) is 6.20 Å². The average molecular weight is 176 g/mol. The summed E-state index contributed by atoms with van der Waals surface area (Å²) in [7, 11) is 1.57. The molecular formula is C10H12N2O. The Balaban J connectivity index is 2.42. The standard InChI is InChI=1S/C10H12N2O/c1-13-12-9-6-2-4-8-5-3-7-11-10(8)9/h3,5,7H,2,4,6H2,1H3/b12-9-. The maximum atomic E-state index is 4.79. The van der Waals surface area contributed by atoms with Gasteiger partial charge in [0.25, 0.3) is 0 Å². The second-order valence-corrected chi connectivity index (χ2v) is 3.09. The third kappa shape index (κ3) is 1.54. The van der Waals surface area contributed by atoms with Crippen LogP contribution in [0.25, 0.3) is 0 Å². The zero-order valence-electron chi connectivity index (χ0n) is 7.66. The van der Waals surface area contributed by atoms with E-state index in [4.69, 9.17) is 4.84 Å². The van der Waals surface area contributed by atoms with Crippen molar-refractivity contribution in [3.63, 3.8) is 0 Å². The van der Waals surface area contributed by atoms with Gasteiger partial charge in [0.2, 0.25) is 0 Å².